The van der Waals surface area contributed by atoms with Gasteiger partial charge in [-0.15, -0.1) is 0 Å². The molecule has 2 atom stereocenters. The van der Waals surface area contributed by atoms with Crippen LogP contribution in [0, 0.1) is 5.92 Å². The van der Waals surface area contributed by atoms with Crippen molar-refractivity contribution < 1.29 is 8.42 Å². The molecular weight excluding hydrogens is 236 g/mol. The normalized spacial score (nSPS) is 25.0. The Hall–Kier alpha value is -1.07. The third-order valence-electron chi connectivity index (χ3n) is 3.36. The minimum atomic E-state index is -3.40. The minimum Gasteiger partial charge on any atom is -0.399 e. The Kier molecular flexibility index (Phi) is 3.40. The molecule has 1 aliphatic carbocycles. The maximum atomic E-state index is 12.1. The molecule has 2 rings (SSSR count). The fourth-order valence-corrected chi connectivity index (χ4v) is 3.61. The molecule has 0 radical (unpaired) electrons. The highest BCUT2D eigenvalue weighted by molar-refractivity contribution is 7.89. The maximum Gasteiger partial charge on any atom is 0.240 e. The zero-order valence-electron chi connectivity index (χ0n) is 9.89. The van der Waals surface area contributed by atoms with Crippen molar-refractivity contribution >= 4 is 15.7 Å². The van der Waals surface area contributed by atoms with Gasteiger partial charge in [0.15, 0.2) is 0 Å². The van der Waals surface area contributed by atoms with E-state index < -0.39 is 10.0 Å². The van der Waals surface area contributed by atoms with Gasteiger partial charge in [0.05, 0.1) is 4.90 Å². The van der Waals surface area contributed by atoms with Crippen molar-refractivity contribution in [2.45, 2.75) is 37.1 Å². The molecule has 1 aromatic rings. The van der Waals surface area contributed by atoms with Gasteiger partial charge in [-0.3, -0.25) is 0 Å². The average Bonchev–Trinajstić information content (AvgIpc) is 2.64. The van der Waals surface area contributed by atoms with Crippen molar-refractivity contribution in [2.75, 3.05) is 5.73 Å². The zero-order chi connectivity index (χ0) is 12.5. The van der Waals surface area contributed by atoms with E-state index in [-0.39, 0.29) is 10.9 Å². The quantitative estimate of drug-likeness (QED) is 0.807. The second-order valence-electron chi connectivity index (χ2n) is 4.71. The third kappa shape index (κ3) is 2.79. The molecule has 5 heteroatoms. The summed E-state index contributed by atoms with van der Waals surface area (Å²) in [5.41, 5.74) is 6.11. The first kappa shape index (κ1) is 12.4. The van der Waals surface area contributed by atoms with Crippen LogP contribution < -0.4 is 10.5 Å². The van der Waals surface area contributed by atoms with Crippen molar-refractivity contribution in [3.63, 3.8) is 0 Å². The summed E-state index contributed by atoms with van der Waals surface area (Å²) in [6.45, 7) is 2.09. The first-order valence-corrected chi connectivity index (χ1v) is 7.35. The largest absolute Gasteiger partial charge is 0.399 e. The highest BCUT2D eigenvalue weighted by atomic mass is 32.2. The highest BCUT2D eigenvalue weighted by Gasteiger charge is 2.28. The molecule has 0 spiro atoms. The van der Waals surface area contributed by atoms with Crippen molar-refractivity contribution in [1.29, 1.82) is 0 Å². The molecule has 17 heavy (non-hydrogen) atoms. The van der Waals surface area contributed by atoms with E-state index in [1.54, 1.807) is 12.1 Å². The summed E-state index contributed by atoms with van der Waals surface area (Å²) in [5, 5.41) is 0. The molecule has 0 bridgehead atoms. The molecule has 1 aromatic carbocycles. The van der Waals surface area contributed by atoms with Gasteiger partial charge in [-0.1, -0.05) is 13.3 Å². The van der Waals surface area contributed by atoms with E-state index in [4.69, 9.17) is 5.73 Å². The SMILES string of the molecule is CC1CCCC1NS(=O)(=O)c1ccc(N)cc1. The Bertz CT molecular complexity index is 482. The molecular formula is C12H18N2O2S. The predicted molar refractivity (Wildman–Crippen MR) is 68.0 cm³/mol. The highest BCUT2D eigenvalue weighted by Crippen LogP contribution is 2.26. The number of rotatable bonds is 3. The second-order valence-corrected chi connectivity index (χ2v) is 6.42. The van der Waals surface area contributed by atoms with E-state index in [1.165, 1.54) is 12.1 Å². The lowest BCUT2D eigenvalue weighted by Crippen LogP contribution is -2.36. The summed E-state index contributed by atoms with van der Waals surface area (Å²) in [5.74, 6) is 0.415. The first-order valence-electron chi connectivity index (χ1n) is 5.87. The van der Waals surface area contributed by atoms with Crippen LogP contribution in [0.3, 0.4) is 0 Å². The van der Waals surface area contributed by atoms with E-state index in [2.05, 4.69) is 11.6 Å². The van der Waals surface area contributed by atoms with Gasteiger partial charge in [-0.25, -0.2) is 13.1 Å². The molecule has 1 fully saturated rings. The second kappa shape index (κ2) is 4.66. The van der Waals surface area contributed by atoms with Gasteiger partial charge in [-0.05, 0) is 43.0 Å². The Morgan fingerprint density at radius 2 is 1.88 bits per heavy atom. The van der Waals surface area contributed by atoms with E-state index >= 15 is 0 Å². The van der Waals surface area contributed by atoms with Crippen molar-refractivity contribution in [2.24, 2.45) is 5.92 Å². The molecule has 1 saturated carbocycles. The number of hydrogen-bond donors (Lipinski definition) is 2. The Balaban J connectivity index is 2.16. The summed E-state index contributed by atoms with van der Waals surface area (Å²) < 4.78 is 27.0. The van der Waals surface area contributed by atoms with Crippen LogP contribution in [0.5, 0.6) is 0 Å². The maximum absolute atomic E-state index is 12.1. The van der Waals surface area contributed by atoms with Crippen molar-refractivity contribution in [1.82, 2.24) is 4.72 Å². The minimum absolute atomic E-state index is 0.0672. The lowest BCUT2D eigenvalue weighted by atomic mass is 10.1. The molecule has 0 aliphatic heterocycles. The summed E-state index contributed by atoms with van der Waals surface area (Å²) in [7, 11) is -3.40. The van der Waals surface area contributed by atoms with Gasteiger partial charge >= 0.3 is 0 Å². The summed E-state index contributed by atoms with van der Waals surface area (Å²) in [6, 6.07) is 6.35. The predicted octanol–water partition coefficient (Wildman–Crippen LogP) is 1.74. The number of nitrogens with one attached hydrogen (secondary N) is 1. The van der Waals surface area contributed by atoms with Crippen LogP contribution in [-0.2, 0) is 10.0 Å². The summed E-state index contributed by atoms with van der Waals surface area (Å²) in [4.78, 5) is 0.283. The van der Waals surface area contributed by atoms with E-state index in [0.717, 1.165) is 19.3 Å². The number of nitrogen functional groups attached to an aromatic ring is 1. The Morgan fingerprint density at radius 1 is 1.24 bits per heavy atom. The average molecular weight is 254 g/mol. The first-order chi connectivity index (χ1) is 7.99. The van der Waals surface area contributed by atoms with Gasteiger partial charge in [0.25, 0.3) is 0 Å². The lowest BCUT2D eigenvalue weighted by molar-refractivity contribution is 0.476. The van der Waals surface area contributed by atoms with Gasteiger partial charge in [0.2, 0.25) is 10.0 Å². The lowest BCUT2D eigenvalue weighted by Gasteiger charge is -2.17. The van der Waals surface area contributed by atoms with E-state index in [1.807, 2.05) is 0 Å². The fourth-order valence-electron chi connectivity index (χ4n) is 2.23. The number of hydrogen-bond acceptors (Lipinski definition) is 3. The fraction of sp³-hybridized carbons (Fsp3) is 0.500. The molecule has 0 amide bonds. The van der Waals surface area contributed by atoms with Crippen LogP contribution >= 0.6 is 0 Å². The number of anilines is 1. The van der Waals surface area contributed by atoms with Crippen molar-refractivity contribution in [3.05, 3.63) is 24.3 Å². The molecule has 3 N–H and O–H groups in total. The molecule has 0 heterocycles. The van der Waals surface area contributed by atoms with E-state index in [9.17, 15) is 8.42 Å². The van der Waals surface area contributed by atoms with Gasteiger partial charge in [-0.2, -0.15) is 0 Å². The zero-order valence-corrected chi connectivity index (χ0v) is 10.7. The molecule has 0 aromatic heterocycles. The van der Waals surface area contributed by atoms with Crippen LogP contribution in [0.1, 0.15) is 26.2 Å². The van der Waals surface area contributed by atoms with Gasteiger partial charge in [0, 0.05) is 11.7 Å². The Labute approximate surface area is 102 Å². The topological polar surface area (TPSA) is 72.2 Å². The van der Waals surface area contributed by atoms with Crippen LogP contribution in [-0.4, -0.2) is 14.5 Å². The van der Waals surface area contributed by atoms with Gasteiger partial charge < -0.3 is 5.73 Å². The van der Waals surface area contributed by atoms with Gasteiger partial charge in [0.1, 0.15) is 0 Å². The smallest absolute Gasteiger partial charge is 0.240 e. The number of sulfonamides is 1. The van der Waals surface area contributed by atoms with Crippen LogP contribution in [0.2, 0.25) is 0 Å². The molecule has 94 valence electrons. The molecule has 2 unspecified atom stereocenters. The number of benzene rings is 1. The Morgan fingerprint density at radius 3 is 2.41 bits per heavy atom. The van der Waals surface area contributed by atoms with E-state index in [0.29, 0.717) is 11.6 Å². The molecule has 4 nitrogen and oxygen atoms in total. The molecule has 1 aliphatic rings. The molecule has 0 saturated heterocycles. The standard InChI is InChI=1S/C12H18N2O2S/c1-9-3-2-4-12(9)14-17(15,16)11-7-5-10(13)6-8-11/h5-9,12,14H,2-4,13H2,1H3. The van der Waals surface area contributed by atoms with Crippen LogP contribution in [0.4, 0.5) is 5.69 Å². The van der Waals surface area contributed by atoms with Crippen molar-refractivity contribution in [3.8, 4) is 0 Å². The summed E-state index contributed by atoms with van der Waals surface area (Å²) >= 11 is 0. The third-order valence-corrected chi connectivity index (χ3v) is 4.86. The van der Waals surface area contributed by atoms with Crippen LogP contribution in [0.25, 0.3) is 0 Å². The number of nitrogens with two attached hydrogens (primary N) is 1. The summed E-state index contributed by atoms with van der Waals surface area (Å²) in [6.07, 6.45) is 3.11. The van der Waals surface area contributed by atoms with Crippen LogP contribution in [0.15, 0.2) is 29.2 Å². The monoisotopic (exact) mass is 254 g/mol.